The number of hydrogen-bond acceptors (Lipinski definition) is 2. The summed E-state index contributed by atoms with van der Waals surface area (Å²) in [6, 6.07) is 7.19. The normalized spacial score (nSPS) is 15.4. The van der Waals surface area contributed by atoms with Gasteiger partial charge in [0.1, 0.15) is 0 Å². The fourth-order valence-corrected chi connectivity index (χ4v) is 1.24. The molecule has 0 atom stereocenters. The van der Waals surface area contributed by atoms with Crippen molar-refractivity contribution in [2.45, 2.75) is 6.54 Å². The smallest absolute Gasteiger partial charge is 0.277 e. The number of fused-ring (bicyclic) bond motifs is 1. The van der Waals surface area contributed by atoms with E-state index in [0.29, 0.717) is 12.1 Å². The van der Waals surface area contributed by atoms with E-state index in [1.807, 2.05) is 12.1 Å². The molecule has 1 N–H and O–H groups in total. The first-order chi connectivity index (χ1) is 5.29. The number of hydrogen-bond donors (Lipinski definition) is 1. The van der Waals surface area contributed by atoms with Crippen LogP contribution in [-0.4, -0.2) is 16.2 Å². The molecule has 3 nitrogen and oxygen atoms in total. The zero-order valence-corrected chi connectivity index (χ0v) is 5.82. The molecule has 0 aliphatic carbocycles. The topological polar surface area (TPSA) is 40.5 Å². The Morgan fingerprint density at radius 3 is 2.82 bits per heavy atom. The quantitative estimate of drug-likeness (QED) is 0.560. The largest absolute Gasteiger partial charge is 0.285 e. The predicted molar refractivity (Wildman–Crippen MR) is 38.1 cm³/mol. The van der Waals surface area contributed by atoms with Crippen LogP contribution >= 0.6 is 0 Å². The Kier molecular flexibility index (Phi) is 1.20. The Morgan fingerprint density at radius 1 is 1.36 bits per heavy atom. The van der Waals surface area contributed by atoms with Crippen LogP contribution in [0.1, 0.15) is 15.9 Å². The van der Waals surface area contributed by atoms with Crippen LogP contribution in [0.5, 0.6) is 0 Å². The zero-order chi connectivity index (χ0) is 7.84. The van der Waals surface area contributed by atoms with Gasteiger partial charge < -0.3 is 0 Å². The lowest BCUT2D eigenvalue weighted by atomic mass is 10.1. The SMILES string of the molecule is O=C1c2ccccc2CN1O. The maximum absolute atomic E-state index is 11.1. The van der Waals surface area contributed by atoms with Crippen LogP contribution in [0.15, 0.2) is 24.3 Å². The van der Waals surface area contributed by atoms with Gasteiger partial charge in [0.05, 0.1) is 6.54 Å². The summed E-state index contributed by atoms with van der Waals surface area (Å²) in [5.41, 5.74) is 1.50. The van der Waals surface area contributed by atoms with Crippen LogP contribution in [0.2, 0.25) is 0 Å². The van der Waals surface area contributed by atoms with Crippen LogP contribution in [-0.2, 0) is 6.54 Å². The third-order valence-corrected chi connectivity index (χ3v) is 1.80. The van der Waals surface area contributed by atoms with Crippen molar-refractivity contribution >= 4 is 5.91 Å². The highest BCUT2D eigenvalue weighted by molar-refractivity contribution is 5.97. The average molecular weight is 149 g/mol. The molecule has 11 heavy (non-hydrogen) atoms. The Hall–Kier alpha value is -1.35. The summed E-state index contributed by atoms with van der Waals surface area (Å²) in [6.07, 6.45) is 0. The van der Waals surface area contributed by atoms with E-state index in [0.717, 1.165) is 10.6 Å². The van der Waals surface area contributed by atoms with Crippen molar-refractivity contribution in [3.05, 3.63) is 35.4 Å². The third-order valence-electron chi connectivity index (χ3n) is 1.80. The Morgan fingerprint density at radius 2 is 2.09 bits per heavy atom. The first-order valence-electron chi connectivity index (χ1n) is 3.37. The molecular formula is C8H7NO2. The van der Waals surface area contributed by atoms with Gasteiger partial charge in [-0.05, 0) is 11.6 Å². The molecule has 56 valence electrons. The average Bonchev–Trinajstić information content (AvgIpc) is 2.30. The van der Waals surface area contributed by atoms with Crippen molar-refractivity contribution in [2.75, 3.05) is 0 Å². The molecule has 0 radical (unpaired) electrons. The number of hydroxylamine groups is 2. The summed E-state index contributed by atoms with van der Waals surface area (Å²) in [7, 11) is 0. The van der Waals surface area contributed by atoms with E-state index in [-0.39, 0.29) is 5.91 Å². The standard InChI is InChI=1S/C8H7NO2/c10-8-7-4-2-1-3-6(7)5-9(8)11/h1-4,11H,5H2. The van der Waals surface area contributed by atoms with Crippen molar-refractivity contribution in [3.63, 3.8) is 0 Å². The molecule has 0 aromatic heterocycles. The van der Waals surface area contributed by atoms with Crippen molar-refractivity contribution in [2.24, 2.45) is 0 Å². The summed E-state index contributed by atoms with van der Waals surface area (Å²) in [5, 5.41) is 9.73. The lowest BCUT2D eigenvalue weighted by Gasteiger charge is -2.01. The highest BCUT2D eigenvalue weighted by Gasteiger charge is 2.24. The van der Waals surface area contributed by atoms with E-state index in [4.69, 9.17) is 5.21 Å². The molecule has 1 aromatic carbocycles. The minimum atomic E-state index is -0.305. The van der Waals surface area contributed by atoms with E-state index >= 15 is 0 Å². The van der Waals surface area contributed by atoms with Gasteiger partial charge in [-0.3, -0.25) is 10.0 Å². The van der Waals surface area contributed by atoms with Crippen LogP contribution in [0.3, 0.4) is 0 Å². The highest BCUT2D eigenvalue weighted by atomic mass is 16.5. The molecule has 0 spiro atoms. The van der Waals surface area contributed by atoms with Gasteiger partial charge in [-0.2, -0.15) is 0 Å². The van der Waals surface area contributed by atoms with Gasteiger partial charge in [-0.1, -0.05) is 18.2 Å². The number of carbonyl (C=O) groups excluding carboxylic acids is 1. The lowest BCUT2D eigenvalue weighted by molar-refractivity contribution is -0.0579. The van der Waals surface area contributed by atoms with E-state index in [1.54, 1.807) is 12.1 Å². The summed E-state index contributed by atoms with van der Waals surface area (Å²) >= 11 is 0. The second-order valence-electron chi connectivity index (χ2n) is 2.52. The van der Waals surface area contributed by atoms with Gasteiger partial charge in [0.2, 0.25) is 0 Å². The zero-order valence-electron chi connectivity index (χ0n) is 5.82. The molecule has 1 aliphatic rings. The number of carbonyl (C=O) groups is 1. The monoisotopic (exact) mass is 149 g/mol. The lowest BCUT2D eigenvalue weighted by Crippen LogP contribution is -2.18. The summed E-state index contributed by atoms with van der Waals surface area (Å²) in [6.45, 7) is 0.314. The first kappa shape index (κ1) is 6.37. The van der Waals surface area contributed by atoms with Gasteiger partial charge in [-0.25, -0.2) is 5.06 Å². The van der Waals surface area contributed by atoms with E-state index < -0.39 is 0 Å². The number of benzene rings is 1. The second-order valence-corrected chi connectivity index (χ2v) is 2.52. The highest BCUT2D eigenvalue weighted by Crippen LogP contribution is 2.19. The van der Waals surface area contributed by atoms with E-state index in [1.165, 1.54) is 0 Å². The summed E-state index contributed by atoms with van der Waals surface area (Å²) in [5.74, 6) is -0.305. The summed E-state index contributed by atoms with van der Waals surface area (Å²) in [4.78, 5) is 11.1. The molecule has 0 bridgehead atoms. The molecule has 1 aliphatic heterocycles. The fraction of sp³-hybridized carbons (Fsp3) is 0.125. The van der Waals surface area contributed by atoms with E-state index in [2.05, 4.69) is 0 Å². The minimum absolute atomic E-state index is 0.305. The molecule has 0 saturated heterocycles. The minimum Gasteiger partial charge on any atom is -0.285 e. The third kappa shape index (κ3) is 0.816. The van der Waals surface area contributed by atoms with Crippen molar-refractivity contribution in [1.29, 1.82) is 0 Å². The molecule has 1 aromatic rings. The van der Waals surface area contributed by atoms with Crippen molar-refractivity contribution < 1.29 is 10.0 Å². The van der Waals surface area contributed by atoms with Gasteiger partial charge in [0.15, 0.2) is 0 Å². The van der Waals surface area contributed by atoms with Crippen LogP contribution in [0.4, 0.5) is 0 Å². The van der Waals surface area contributed by atoms with Crippen LogP contribution in [0, 0.1) is 0 Å². The maximum atomic E-state index is 11.1. The molecule has 0 fully saturated rings. The fourth-order valence-electron chi connectivity index (χ4n) is 1.24. The van der Waals surface area contributed by atoms with Gasteiger partial charge >= 0.3 is 0 Å². The Labute approximate surface area is 63.8 Å². The van der Waals surface area contributed by atoms with Crippen molar-refractivity contribution in [3.8, 4) is 0 Å². The molecule has 2 rings (SSSR count). The van der Waals surface area contributed by atoms with Gasteiger partial charge in [0.25, 0.3) is 5.91 Å². The molecule has 1 heterocycles. The Bertz CT molecular complexity index is 309. The second kappa shape index (κ2) is 2.07. The van der Waals surface area contributed by atoms with Crippen LogP contribution in [0.25, 0.3) is 0 Å². The van der Waals surface area contributed by atoms with Crippen LogP contribution < -0.4 is 0 Å². The number of nitrogens with zero attached hydrogens (tertiary/aromatic N) is 1. The molecule has 0 unspecified atom stereocenters. The molecule has 0 saturated carbocycles. The molecular weight excluding hydrogens is 142 g/mol. The molecule has 1 amide bonds. The van der Waals surface area contributed by atoms with Gasteiger partial charge in [0, 0.05) is 5.56 Å². The van der Waals surface area contributed by atoms with Crippen molar-refractivity contribution in [1.82, 2.24) is 5.06 Å². The predicted octanol–water partition coefficient (Wildman–Crippen LogP) is 1.03. The first-order valence-corrected chi connectivity index (χ1v) is 3.37. The van der Waals surface area contributed by atoms with E-state index in [9.17, 15) is 4.79 Å². The van der Waals surface area contributed by atoms with Gasteiger partial charge in [-0.15, -0.1) is 0 Å². The number of rotatable bonds is 0. The number of amides is 1. The molecule has 3 heteroatoms. The summed E-state index contributed by atoms with van der Waals surface area (Å²) < 4.78 is 0. The Balaban J connectivity index is 2.55. The maximum Gasteiger partial charge on any atom is 0.277 e.